The number of rotatable bonds is 10. The second-order valence-corrected chi connectivity index (χ2v) is 13.7. The van der Waals surface area contributed by atoms with E-state index >= 15 is 0 Å². The number of para-hydroxylation sites is 2. The van der Waals surface area contributed by atoms with Gasteiger partial charge in [-0.15, -0.1) is 0 Å². The lowest BCUT2D eigenvalue weighted by molar-refractivity contribution is -0.125. The van der Waals surface area contributed by atoms with Crippen molar-refractivity contribution >= 4 is 32.7 Å². The Hall–Kier alpha value is -3.47. The van der Waals surface area contributed by atoms with Crippen LogP contribution in [-0.2, 0) is 20.2 Å². The Morgan fingerprint density at radius 2 is 1.74 bits per heavy atom. The van der Waals surface area contributed by atoms with Gasteiger partial charge in [0.25, 0.3) is 0 Å². The fraction of sp³-hybridized carbons (Fsp3) is 0.455. The van der Waals surface area contributed by atoms with Gasteiger partial charge >= 0.3 is 0 Å². The minimum atomic E-state index is -4.05. The molecule has 1 aromatic heterocycles. The highest BCUT2D eigenvalue weighted by molar-refractivity contribution is 7.89. The van der Waals surface area contributed by atoms with Crippen LogP contribution >= 0.6 is 0 Å². The van der Waals surface area contributed by atoms with E-state index in [1.165, 1.54) is 18.6 Å². The van der Waals surface area contributed by atoms with Crippen molar-refractivity contribution in [1.82, 2.24) is 19.6 Å². The molecular formula is C33H42N6O3S. The first-order chi connectivity index (χ1) is 20.6. The molecule has 1 saturated heterocycles. The summed E-state index contributed by atoms with van der Waals surface area (Å²) in [7, 11) is -4.05. The summed E-state index contributed by atoms with van der Waals surface area (Å²) in [5.41, 5.74) is 6.58. The summed E-state index contributed by atoms with van der Waals surface area (Å²) in [4.78, 5) is 26.8. The molecule has 2 heterocycles. The minimum absolute atomic E-state index is 0.0826. The Labute approximate surface area is 254 Å². The maximum Gasteiger partial charge on any atom is 0.241 e. The molecule has 43 heavy (non-hydrogen) atoms. The van der Waals surface area contributed by atoms with Crippen LogP contribution in [0.25, 0.3) is 11.0 Å². The van der Waals surface area contributed by atoms with E-state index in [-0.39, 0.29) is 29.0 Å². The number of fused-ring (bicyclic) bond motifs is 1. The van der Waals surface area contributed by atoms with E-state index in [0.717, 1.165) is 19.3 Å². The highest BCUT2D eigenvalue weighted by atomic mass is 32.2. The van der Waals surface area contributed by atoms with Crippen LogP contribution in [0, 0.1) is 5.41 Å². The SMILES string of the molecule is CCC(CCC1(c2cnc3ccccc3n2)C(=O)CC(C(=N)N)=CC1NS(=O)(=O)c1ccccc1)N1C(C)CCCC1C. The molecule has 1 aliphatic heterocycles. The van der Waals surface area contributed by atoms with Gasteiger partial charge in [0.2, 0.25) is 10.0 Å². The van der Waals surface area contributed by atoms with Crippen LogP contribution in [-0.4, -0.2) is 59.1 Å². The molecule has 5 rings (SSSR count). The summed E-state index contributed by atoms with van der Waals surface area (Å²) in [6, 6.07) is 15.6. The summed E-state index contributed by atoms with van der Waals surface area (Å²) in [5.74, 6) is -0.474. The number of hydrogen-bond acceptors (Lipinski definition) is 7. The van der Waals surface area contributed by atoms with E-state index in [2.05, 4.69) is 35.4 Å². The standard InChI is InChI=1S/C33H42N6O3S/c1-4-25(39-22(2)11-10-12-23(39)3)17-18-33(30-21-36-27-15-8-9-16-28(27)37-30)29(19-24(32(34)35)20-31(33)40)38-43(41,42)26-13-6-5-7-14-26/h5-9,13-16,19,21-23,25,29,38H,4,10-12,17-18,20H2,1-3H3,(H3,34,35). The Kier molecular flexibility index (Phi) is 9.10. The van der Waals surface area contributed by atoms with Gasteiger partial charge in [-0.1, -0.05) is 49.8 Å². The molecule has 9 nitrogen and oxygen atoms in total. The van der Waals surface area contributed by atoms with Crippen molar-refractivity contribution in [3.8, 4) is 0 Å². The number of aromatic nitrogens is 2. The van der Waals surface area contributed by atoms with Crippen molar-refractivity contribution < 1.29 is 13.2 Å². The molecule has 2 aliphatic rings. The lowest BCUT2D eigenvalue weighted by Gasteiger charge is -2.46. The highest BCUT2D eigenvalue weighted by Gasteiger charge is 2.52. The van der Waals surface area contributed by atoms with Gasteiger partial charge in [-0.05, 0) is 75.8 Å². The molecule has 0 spiro atoms. The van der Waals surface area contributed by atoms with Gasteiger partial charge in [0, 0.05) is 24.5 Å². The molecule has 1 fully saturated rings. The molecular weight excluding hydrogens is 560 g/mol. The fourth-order valence-electron chi connectivity index (χ4n) is 7.08. The van der Waals surface area contributed by atoms with Crippen LogP contribution in [0.2, 0.25) is 0 Å². The molecule has 10 heteroatoms. The van der Waals surface area contributed by atoms with Gasteiger partial charge in [0.05, 0.1) is 39.3 Å². The van der Waals surface area contributed by atoms with Crippen LogP contribution in [0.1, 0.15) is 71.4 Å². The number of piperidine rings is 1. The Bertz CT molecular complexity index is 1620. The lowest BCUT2D eigenvalue weighted by atomic mass is 9.65. The number of hydrogen-bond donors (Lipinski definition) is 3. The summed E-state index contributed by atoms with van der Waals surface area (Å²) < 4.78 is 30.4. The maximum absolute atomic E-state index is 14.5. The first kappa shape index (κ1) is 31.0. The monoisotopic (exact) mass is 602 g/mol. The molecule has 0 saturated carbocycles. The Balaban J connectivity index is 1.65. The van der Waals surface area contributed by atoms with Crippen molar-refractivity contribution in [1.29, 1.82) is 5.41 Å². The van der Waals surface area contributed by atoms with Gasteiger partial charge in [-0.2, -0.15) is 0 Å². The third kappa shape index (κ3) is 6.14. The van der Waals surface area contributed by atoms with Crippen LogP contribution in [0.5, 0.6) is 0 Å². The number of carbonyl (C=O) groups is 1. The molecule has 0 radical (unpaired) electrons. The Morgan fingerprint density at radius 1 is 1.09 bits per heavy atom. The molecule has 228 valence electrons. The predicted molar refractivity (Wildman–Crippen MR) is 169 cm³/mol. The van der Waals surface area contributed by atoms with E-state index in [9.17, 15) is 13.2 Å². The quantitative estimate of drug-likeness (QED) is 0.222. The number of ketones is 1. The van der Waals surface area contributed by atoms with Crippen molar-refractivity contribution in [3.63, 3.8) is 0 Å². The first-order valence-corrected chi connectivity index (χ1v) is 16.7. The molecule has 0 amide bonds. The van der Waals surface area contributed by atoms with E-state index in [1.54, 1.807) is 30.5 Å². The fourth-order valence-corrected chi connectivity index (χ4v) is 8.33. The zero-order valence-corrected chi connectivity index (χ0v) is 26.0. The third-order valence-corrected chi connectivity index (χ3v) is 10.8. The molecule has 0 bridgehead atoms. The van der Waals surface area contributed by atoms with Gasteiger partial charge in [0.1, 0.15) is 5.84 Å². The second-order valence-electron chi connectivity index (χ2n) is 12.0. The normalized spacial score (nSPS) is 25.8. The average molecular weight is 603 g/mol. The summed E-state index contributed by atoms with van der Waals surface area (Å²) >= 11 is 0. The number of carbonyl (C=O) groups excluding carboxylic acids is 1. The van der Waals surface area contributed by atoms with Crippen LogP contribution in [0.15, 0.2) is 77.3 Å². The van der Waals surface area contributed by atoms with Crippen molar-refractivity contribution in [2.24, 2.45) is 5.73 Å². The van der Waals surface area contributed by atoms with E-state index in [0.29, 0.717) is 47.2 Å². The third-order valence-electron chi connectivity index (χ3n) is 9.36. The number of Topliss-reactive ketones (excluding diaryl/α,β-unsaturated/α-hetero) is 1. The first-order valence-electron chi connectivity index (χ1n) is 15.2. The highest BCUT2D eigenvalue weighted by Crippen LogP contribution is 2.42. The predicted octanol–water partition coefficient (Wildman–Crippen LogP) is 4.87. The maximum atomic E-state index is 14.5. The largest absolute Gasteiger partial charge is 0.384 e. The van der Waals surface area contributed by atoms with E-state index in [4.69, 9.17) is 16.1 Å². The number of nitrogens with zero attached hydrogens (tertiary/aromatic N) is 3. The lowest BCUT2D eigenvalue weighted by Crippen LogP contribution is -2.58. The summed E-state index contributed by atoms with van der Waals surface area (Å²) in [5, 5.41) is 8.13. The van der Waals surface area contributed by atoms with Crippen molar-refractivity contribution in [2.45, 2.75) is 100 Å². The summed E-state index contributed by atoms with van der Waals surface area (Å²) in [6.45, 7) is 6.72. The van der Waals surface area contributed by atoms with Crippen LogP contribution in [0.3, 0.4) is 0 Å². The topological polar surface area (TPSA) is 142 Å². The molecule has 3 aromatic rings. The van der Waals surface area contributed by atoms with E-state index in [1.807, 2.05) is 24.3 Å². The number of nitrogens with one attached hydrogen (secondary N) is 2. The van der Waals surface area contributed by atoms with Gasteiger partial charge in [0.15, 0.2) is 5.78 Å². The molecule has 5 unspecified atom stereocenters. The molecule has 2 aromatic carbocycles. The molecule has 4 N–H and O–H groups in total. The second kappa shape index (κ2) is 12.6. The average Bonchev–Trinajstić information content (AvgIpc) is 2.99. The Morgan fingerprint density at radius 3 is 2.40 bits per heavy atom. The number of likely N-dealkylation sites (tertiary alicyclic amines) is 1. The minimum Gasteiger partial charge on any atom is -0.384 e. The van der Waals surface area contributed by atoms with E-state index < -0.39 is 21.5 Å². The molecule has 1 aliphatic carbocycles. The van der Waals surface area contributed by atoms with Crippen molar-refractivity contribution in [2.75, 3.05) is 0 Å². The van der Waals surface area contributed by atoms with Crippen LogP contribution < -0.4 is 10.5 Å². The smallest absolute Gasteiger partial charge is 0.241 e. The van der Waals surface area contributed by atoms with Gasteiger partial charge in [-0.3, -0.25) is 20.1 Å². The van der Waals surface area contributed by atoms with Gasteiger partial charge < -0.3 is 5.73 Å². The van der Waals surface area contributed by atoms with Gasteiger partial charge in [-0.25, -0.2) is 18.1 Å². The van der Waals surface area contributed by atoms with Crippen molar-refractivity contribution in [3.05, 3.63) is 78.1 Å². The number of amidine groups is 1. The van der Waals surface area contributed by atoms with Crippen LogP contribution in [0.4, 0.5) is 0 Å². The summed E-state index contributed by atoms with van der Waals surface area (Å²) in [6.07, 6.45) is 8.56. The zero-order chi connectivity index (χ0) is 30.8. The number of benzene rings is 2. The molecule has 5 atom stereocenters. The number of sulfonamides is 1. The number of nitrogens with two attached hydrogens (primary N) is 1. The zero-order valence-electron chi connectivity index (χ0n) is 25.2.